The number of fused-ring (bicyclic) bond motifs is 1. The highest BCUT2D eigenvalue weighted by Gasteiger charge is 2.24. The van der Waals surface area contributed by atoms with E-state index in [1.54, 1.807) is 12.1 Å². The maximum absolute atomic E-state index is 12.9. The van der Waals surface area contributed by atoms with Gasteiger partial charge in [-0.25, -0.2) is 9.37 Å². The monoisotopic (exact) mass is 369 g/mol. The summed E-state index contributed by atoms with van der Waals surface area (Å²) in [6.45, 7) is 7.12. The van der Waals surface area contributed by atoms with Crippen molar-refractivity contribution in [1.29, 1.82) is 0 Å². The Bertz CT molecular complexity index is 927. The molecule has 0 saturated heterocycles. The minimum atomic E-state index is -0.295. The number of hydrogen-bond acceptors (Lipinski definition) is 3. The van der Waals surface area contributed by atoms with Crippen LogP contribution in [-0.2, 0) is 5.41 Å². The summed E-state index contributed by atoms with van der Waals surface area (Å²) in [5, 5.41) is 2.90. The maximum Gasteiger partial charge on any atom is 0.272 e. The second-order valence-electron chi connectivity index (χ2n) is 7.40. The van der Waals surface area contributed by atoms with Crippen LogP contribution in [-0.4, -0.2) is 28.4 Å². The van der Waals surface area contributed by atoms with Gasteiger partial charge in [-0.3, -0.25) is 4.79 Å². The molecule has 1 aromatic carbocycles. The Balaban J connectivity index is 1.59. The zero-order valence-corrected chi connectivity index (χ0v) is 15.8. The second kappa shape index (κ2) is 7.78. The van der Waals surface area contributed by atoms with Gasteiger partial charge in [-0.15, -0.1) is 0 Å². The number of aromatic nitrogens is 2. The van der Waals surface area contributed by atoms with E-state index in [1.165, 1.54) is 12.1 Å². The van der Waals surface area contributed by atoms with Gasteiger partial charge in [0.1, 0.15) is 17.4 Å². The third-order valence-corrected chi connectivity index (χ3v) is 4.12. The molecule has 1 N–H and O–H groups in total. The lowest BCUT2D eigenvalue weighted by molar-refractivity contribution is 0.0948. The molecule has 0 fully saturated rings. The Morgan fingerprint density at radius 2 is 1.93 bits per heavy atom. The van der Waals surface area contributed by atoms with Crippen LogP contribution in [0.5, 0.6) is 5.75 Å². The van der Waals surface area contributed by atoms with Crippen LogP contribution in [0.3, 0.4) is 0 Å². The topological polar surface area (TPSA) is 55.6 Å². The molecular formula is C21H24FN3O2. The van der Waals surface area contributed by atoms with E-state index in [1.807, 2.05) is 28.8 Å². The Labute approximate surface area is 158 Å². The molecule has 0 atom stereocenters. The number of amides is 1. The molecule has 6 heteroatoms. The van der Waals surface area contributed by atoms with Gasteiger partial charge >= 0.3 is 0 Å². The van der Waals surface area contributed by atoms with Crippen LogP contribution in [0, 0.1) is 5.82 Å². The average molecular weight is 369 g/mol. The summed E-state index contributed by atoms with van der Waals surface area (Å²) in [4.78, 5) is 17.2. The minimum absolute atomic E-state index is 0.175. The van der Waals surface area contributed by atoms with Gasteiger partial charge in [0.25, 0.3) is 5.91 Å². The van der Waals surface area contributed by atoms with E-state index < -0.39 is 0 Å². The standard InChI is InChI=1S/C21H24FN3O2/c1-21(2,3)20-24-18(17-7-4-5-13-25(17)20)19(26)23-12-6-14-27-16-10-8-15(22)9-11-16/h4-5,7-11,13H,6,12,14H2,1-3H3,(H,23,26). The van der Waals surface area contributed by atoms with Crippen molar-refractivity contribution >= 4 is 11.4 Å². The van der Waals surface area contributed by atoms with Crippen molar-refractivity contribution in [2.75, 3.05) is 13.2 Å². The van der Waals surface area contributed by atoms with Crippen molar-refractivity contribution in [1.82, 2.24) is 14.7 Å². The summed E-state index contributed by atoms with van der Waals surface area (Å²) in [5.74, 6) is 0.966. The molecule has 1 amide bonds. The number of ether oxygens (including phenoxy) is 1. The summed E-state index contributed by atoms with van der Waals surface area (Å²) >= 11 is 0. The van der Waals surface area contributed by atoms with Crippen molar-refractivity contribution in [2.24, 2.45) is 0 Å². The fourth-order valence-electron chi connectivity index (χ4n) is 2.81. The number of benzene rings is 1. The van der Waals surface area contributed by atoms with Crippen LogP contribution in [0.1, 0.15) is 43.5 Å². The third-order valence-electron chi connectivity index (χ3n) is 4.12. The molecule has 27 heavy (non-hydrogen) atoms. The molecule has 2 heterocycles. The highest BCUT2D eigenvalue weighted by molar-refractivity contribution is 5.99. The number of carbonyl (C=O) groups is 1. The number of imidazole rings is 1. The molecule has 2 aromatic heterocycles. The molecule has 3 rings (SSSR count). The third kappa shape index (κ3) is 4.45. The van der Waals surface area contributed by atoms with Crippen LogP contribution in [0.15, 0.2) is 48.7 Å². The second-order valence-corrected chi connectivity index (χ2v) is 7.40. The Kier molecular flexibility index (Phi) is 5.44. The van der Waals surface area contributed by atoms with E-state index in [9.17, 15) is 9.18 Å². The van der Waals surface area contributed by atoms with Gasteiger partial charge in [0.15, 0.2) is 5.69 Å². The lowest BCUT2D eigenvalue weighted by atomic mass is 9.96. The van der Waals surface area contributed by atoms with Crippen molar-refractivity contribution in [3.8, 4) is 5.75 Å². The SMILES string of the molecule is CC(C)(C)c1nc(C(=O)NCCCOc2ccc(F)cc2)c2ccccn12. The van der Waals surface area contributed by atoms with Gasteiger partial charge < -0.3 is 14.5 Å². The Morgan fingerprint density at radius 3 is 2.63 bits per heavy atom. The Morgan fingerprint density at radius 1 is 1.19 bits per heavy atom. The van der Waals surface area contributed by atoms with Crippen LogP contribution < -0.4 is 10.1 Å². The van der Waals surface area contributed by atoms with Crippen LogP contribution >= 0.6 is 0 Å². The van der Waals surface area contributed by atoms with Crippen molar-refractivity contribution < 1.29 is 13.9 Å². The quantitative estimate of drug-likeness (QED) is 0.669. The first-order chi connectivity index (χ1) is 12.9. The maximum atomic E-state index is 12.9. The fourth-order valence-corrected chi connectivity index (χ4v) is 2.81. The fraction of sp³-hybridized carbons (Fsp3) is 0.333. The summed E-state index contributed by atoms with van der Waals surface area (Å²) in [5.41, 5.74) is 1.05. The van der Waals surface area contributed by atoms with E-state index in [2.05, 4.69) is 31.1 Å². The number of rotatable bonds is 6. The number of halogens is 1. The molecule has 0 aliphatic rings. The normalized spacial score (nSPS) is 11.6. The smallest absolute Gasteiger partial charge is 0.272 e. The van der Waals surface area contributed by atoms with Gasteiger partial charge in [-0.05, 0) is 42.8 Å². The molecule has 5 nitrogen and oxygen atoms in total. The van der Waals surface area contributed by atoms with Gasteiger partial charge in [-0.1, -0.05) is 26.8 Å². The minimum Gasteiger partial charge on any atom is -0.494 e. The predicted octanol–water partition coefficient (Wildman–Crippen LogP) is 3.97. The summed E-state index contributed by atoms with van der Waals surface area (Å²) < 4.78 is 20.4. The highest BCUT2D eigenvalue weighted by Crippen LogP contribution is 2.24. The number of nitrogens with one attached hydrogen (secondary N) is 1. The van der Waals surface area contributed by atoms with E-state index in [0.717, 1.165) is 11.3 Å². The molecular weight excluding hydrogens is 345 g/mol. The van der Waals surface area contributed by atoms with Gasteiger partial charge in [-0.2, -0.15) is 0 Å². The molecule has 142 valence electrons. The van der Waals surface area contributed by atoms with E-state index in [0.29, 0.717) is 31.0 Å². The van der Waals surface area contributed by atoms with Gasteiger partial charge in [0.2, 0.25) is 0 Å². The summed E-state index contributed by atoms with van der Waals surface area (Å²) in [6, 6.07) is 11.6. The first kappa shape index (κ1) is 18.9. The zero-order chi connectivity index (χ0) is 19.4. The van der Waals surface area contributed by atoms with Crippen LogP contribution in [0.2, 0.25) is 0 Å². The molecule has 3 aromatic rings. The molecule has 0 radical (unpaired) electrons. The molecule has 0 bridgehead atoms. The molecule has 0 saturated carbocycles. The number of nitrogens with zero attached hydrogens (tertiary/aromatic N) is 2. The largest absolute Gasteiger partial charge is 0.494 e. The molecule has 0 aliphatic heterocycles. The summed E-state index contributed by atoms with van der Waals surface area (Å²) in [6.07, 6.45) is 2.57. The zero-order valence-electron chi connectivity index (χ0n) is 15.8. The number of pyridine rings is 1. The number of hydrogen-bond donors (Lipinski definition) is 1. The number of carbonyl (C=O) groups excluding carboxylic acids is 1. The molecule has 0 unspecified atom stereocenters. The molecule has 0 aliphatic carbocycles. The van der Waals surface area contributed by atoms with Crippen molar-refractivity contribution in [3.05, 3.63) is 66.0 Å². The van der Waals surface area contributed by atoms with E-state index >= 15 is 0 Å². The first-order valence-corrected chi connectivity index (χ1v) is 9.00. The molecule has 0 spiro atoms. The van der Waals surface area contributed by atoms with Crippen molar-refractivity contribution in [3.63, 3.8) is 0 Å². The highest BCUT2D eigenvalue weighted by atomic mass is 19.1. The first-order valence-electron chi connectivity index (χ1n) is 9.00. The average Bonchev–Trinajstić information content (AvgIpc) is 3.03. The van der Waals surface area contributed by atoms with Crippen molar-refractivity contribution in [2.45, 2.75) is 32.6 Å². The Hall–Kier alpha value is -2.89. The summed E-state index contributed by atoms with van der Waals surface area (Å²) in [7, 11) is 0. The van der Waals surface area contributed by atoms with E-state index in [-0.39, 0.29) is 17.1 Å². The lowest BCUT2D eigenvalue weighted by Crippen LogP contribution is -2.26. The van der Waals surface area contributed by atoms with Crippen LogP contribution in [0.4, 0.5) is 4.39 Å². The predicted molar refractivity (Wildman–Crippen MR) is 103 cm³/mol. The van der Waals surface area contributed by atoms with Gasteiger partial charge in [0.05, 0.1) is 12.1 Å². The lowest BCUT2D eigenvalue weighted by Gasteiger charge is -2.16. The van der Waals surface area contributed by atoms with Crippen LogP contribution in [0.25, 0.3) is 5.52 Å². The van der Waals surface area contributed by atoms with E-state index in [4.69, 9.17) is 4.74 Å². The van der Waals surface area contributed by atoms with Gasteiger partial charge in [0, 0.05) is 18.2 Å².